The van der Waals surface area contributed by atoms with Crippen molar-refractivity contribution in [2.45, 2.75) is 64.5 Å². The van der Waals surface area contributed by atoms with Gasteiger partial charge in [-0.05, 0) is 52.9 Å². The van der Waals surface area contributed by atoms with Crippen LogP contribution in [0, 0.1) is 0 Å². The highest BCUT2D eigenvalue weighted by Crippen LogP contribution is 2.23. The van der Waals surface area contributed by atoms with Gasteiger partial charge >= 0.3 is 6.09 Å². The lowest BCUT2D eigenvalue weighted by molar-refractivity contribution is -0.136. The lowest BCUT2D eigenvalue weighted by Gasteiger charge is -2.33. The molecule has 0 radical (unpaired) electrons. The minimum atomic E-state index is -0.515. The summed E-state index contributed by atoms with van der Waals surface area (Å²) in [5, 5.41) is 0. The maximum absolute atomic E-state index is 12.6. The Balaban J connectivity index is 1.99. The van der Waals surface area contributed by atoms with Crippen LogP contribution in [0.3, 0.4) is 0 Å². The Labute approximate surface area is 121 Å². The molecule has 5 nitrogen and oxygen atoms in total. The standard InChI is InChI=1S/C15H26N2O3/c1-15(2,3)20-14(19)17-11-7-8-12(17)13(18)16-9-5-4-6-10-16/h12H,4-11H2,1-3H3/t12-/m1/s1. The molecule has 0 spiro atoms. The summed E-state index contributed by atoms with van der Waals surface area (Å²) in [6, 6.07) is -0.317. The number of amides is 2. The minimum Gasteiger partial charge on any atom is -0.444 e. The second-order valence-electron chi connectivity index (χ2n) is 6.72. The number of nitrogens with zero attached hydrogens (tertiary/aromatic N) is 2. The van der Waals surface area contributed by atoms with Crippen LogP contribution >= 0.6 is 0 Å². The molecule has 2 amide bonds. The number of hydrogen-bond acceptors (Lipinski definition) is 3. The van der Waals surface area contributed by atoms with Crippen molar-refractivity contribution >= 4 is 12.0 Å². The Morgan fingerprint density at radius 2 is 1.65 bits per heavy atom. The van der Waals surface area contributed by atoms with E-state index >= 15 is 0 Å². The van der Waals surface area contributed by atoms with Gasteiger partial charge in [0.2, 0.25) is 5.91 Å². The van der Waals surface area contributed by atoms with Crippen LogP contribution in [0.25, 0.3) is 0 Å². The van der Waals surface area contributed by atoms with Gasteiger partial charge in [-0.2, -0.15) is 0 Å². The molecule has 2 heterocycles. The first-order valence-electron chi connectivity index (χ1n) is 7.67. The quantitative estimate of drug-likeness (QED) is 0.742. The van der Waals surface area contributed by atoms with Gasteiger partial charge in [0, 0.05) is 19.6 Å². The third-order valence-corrected chi connectivity index (χ3v) is 3.83. The Hall–Kier alpha value is -1.26. The molecule has 0 saturated carbocycles. The van der Waals surface area contributed by atoms with Crippen molar-refractivity contribution in [3.63, 3.8) is 0 Å². The van der Waals surface area contributed by atoms with E-state index < -0.39 is 5.60 Å². The van der Waals surface area contributed by atoms with E-state index in [0.29, 0.717) is 6.54 Å². The highest BCUT2D eigenvalue weighted by molar-refractivity contribution is 5.86. The third-order valence-electron chi connectivity index (χ3n) is 3.83. The molecule has 20 heavy (non-hydrogen) atoms. The second-order valence-corrected chi connectivity index (χ2v) is 6.72. The molecule has 0 aliphatic carbocycles. The number of hydrogen-bond donors (Lipinski definition) is 0. The lowest BCUT2D eigenvalue weighted by atomic mass is 10.1. The van der Waals surface area contributed by atoms with Crippen LogP contribution in [0.2, 0.25) is 0 Å². The molecule has 0 N–H and O–H groups in total. The van der Waals surface area contributed by atoms with Gasteiger partial charge in [0.25, 0.3) is 0 Å². The van der Waals surface area contributed by atoms with Crippen LogP contribution < -0.4 is 0 Å². The summed E-state index contributed by atoms with van der Waals surface area (Å²) >= 11 is 0. The number of likely N-dealkylation sites (tertiary alicyclic amines) is 2. The summed E-state index contributed by atoms with van der Waals surface area (Å²) in [5.41, 5.74) is -0.515. The third kappa shape index (κ3) is 3.64. The summed E-state index contributed by atoms with van der Waals surface area (Å²) in [4.78, 5) is 28.3. The Morgan fingerprint density at radius 1 is 1.00 bits per heavy atom. The molecule has 2 fully saturated rings. The molecule has 1 atom stereocenters. The Bertz CT molecular complexity index is 370. The fraction of sp³-hybridized carbons (Fsp3) is 0.867. The number of piperidine rings is 1. The van der Waals surface area contributed by atoms with Gasteiger partial charge in [-0.25, -0.2) is 4.79 Å². The molecule has 5 heteroatoms. The zero-order valence-electron chi connectivity index (χ0n) is 12.9. The van der Waals surface area contributed by atoms with Gasteiger partial charge in [-0.15, -0.1) is 0 Å². The smallest absolute Gasteiger partial charge is 0.410 e. The number of carbonyl (C=O) groups excluding carboxylic acids is 2. The molecular formula is C15H26N2O3. The Morgan fingerprint density at radius 3 is 2.25 bits per heavy atom. The van der Waals surface area contributed by atoms with Gasteiger partial charge in [0.15, 0.2) is 0 Å². The van der Waals surface area contributed by atoms with Gasteiger partial charge < -0.3 is 9.64 Å². The van der Waals surface area contributed by atoms with E-state index in [-0.39, 0.29) is 18.0 Å². The predicted molar refractivity (Wildman–Crippen MR) is 76.4 cm³/mol. The summed E-state index contributed by atoms with van der Waals surface area (Å²) in [7, 11) is 0. The number of ether oxygens (including phenoxy) is 1. The molecule has 2 rings (SSSR count). The van der Waals surface area contributed by atoms with Crippen LogP contribution in [0.5, 0.6) is 0 Å². The zero-order chi connectivity index (χ0) is 14.8. The van der Waals surface area contributed by atoms with Crippen LogP contribution in [-0.2, 0) is 9.53 Å². The molecule has 2 saturated heterocycles. The summed E-state index contributed by atoms with van der Waals surface area (Å²) in [6.07, 6.45) is 4.63. The first-order chi connectivity index (χ1) is 9.38. The van der Waals surface area contributed by atoms with E-state index in [4.69, 9.17) is 4.74 Å². The Kier molecular flexibility index (Phi) is 4.55. The number of carbonyl (C=O) groups is 2. The van der Waals surface area contributed by atoms with E-state index in [1.807, 2.05) is 25.7 Å². The minimum absolute atomic E-state index is 0.105. The summed E-state index contributed by atoms with van der Waals surface area (Å²) in [6.45, 7) is 7.83. The van der Waals surface area contributed by atoms with Crippen molar-refractivity contribution in [2.24, 2.45) is 0 Å². The predicted octanol–water partition coefficient (Wildman–Crippen LogP) is 2.40. The average molecular weight is 282 g/mol. The van der Waals surface area contributed by atoms with Gasteiger partial charge in [0.1, 0.15) is 11.6 Å². The molecule has 0 aromatic carbocycles. The summed E-state index contributed by atoms with van der Waals surface area (Å²) < 4.78 is 5.41. The van der Waals surface area contributed by atoms with Gasteiger partial charge in [0.05, 0.1) is 0 Å². The van der Waals surface area contributed by atoms with E-state index in [1.165, 1.54) is 6.42 Å². The highest BCUT2D eigenvalue weighted by Gasteiger charge is 2.38. The van der Waals surface area contributed by atoms with Crippen molar-refractivity contribution in [3.05, 3.63) is 0 Å². The van der Waals surface area contributed by atoms with Crippen LogP contribution in [-0.4, -0.2) is 53.1 Å². The molecule has 0 aromatic heterocycles. The second kappa shape index (κ2) is 6.02. The first-order valence-corrected chi connectivity index (χ1v) is 7.67. The molecule has 2 aliphatic rings. The molecule has 2 aliphatic heterocycles. The van der Waals surface area contributed by atoms with E-state index in [0.717, 1.165) is 38.8 Å². The maximum atomic E-state index is 12.6. The molecular weight excluding hydrogens is 256 g/mol. The van der Waals surface area contributed by atoms with Crippen LogP contribution in [0.15, 0.2) is 0 Å². The average Bonchev–Trinajstić information content (AvgIpc) is 2.86. The van der Waals surface area contributed by atoms with Gasteiger partial charge in [-0.1, -0.05) is 0 Å². The molecule has 0 bridgehead atoms. The SMILES string of the molecule is CC(C)(C)OC(=O)N1CCC[C@@H]1C(=O)N1CCCCC1. The topological polar surface area (TPSA) is 49.9 Å². The van der Waals surface area contributed by atoms with E-state index in [9.17, 15) is 9.59 Å². The van der Waals surface area contributed by atoms with Crippen molar-refractivity contribution in [2.75, 3.05) is 19.6 Å². The largest absolute Gasteiger partial charge is 0.444 e. The van der Waals surface area contributed by atoms with Crippen molar-refractivity contribution < 1.29 is 14.3 Å². The van der Waals surface area contributed by atoms with Crippen molar-refractivity contribution in [3.8, 4) is 0 Å². The maximum Gasteiger partial charge on any atom is 0.410 e. The van der Waals surface area contributed by atoms with E-state index in [1.54, 1.807) is 4.90 Å². The zero-order valence-corrected chi connectivity index (χ0v) is 12.9. The monoisotopic (exact) mass is 282 g/mol. The molecule has 0 unspecified atom stereocenters. The first kappa shape index (κ1) is 15.1. The van der Waals surface area contributed by atoms with Crippen LogP contribution in [0.4, 0.5) is 4.79 Å². The van der Waals surface area contributed by atoms with Gasteiger partial charge in [-0.3, -0.25) is 9.69 Å². The molecule has 0 aromatic rings. The fourth-order valence-electron chi connectivity index (χ4n) is 2.89. The summed E-state index contributed by atoms with van der Waals surface area (Å²) in [5.74, 6) is 0.105. The normalized spacial score (nSPS) is 23.9. The number of rotatable bonds is 1. The highest BCUT2D eigenvalue weighted by atomic mass is 16.6. The van der Waals surface area contributed by atoms with Crippen molar-refractivity contribution in [1.82, 2.24) is 9.80 Å². The fourth-order valence-corrected chi connectivity index (χ4v) is 2.89. The van der Waals surface area contributed by atoms with Crippen LogP contribution in [0.1, 0.15) is 52.9 Å². The van der Waals surface area contributed by atoms with E-state index in [2.05, 4.69) is 0 Å². The lowest BCUT2D eigenvalue weighted by Crippen LogP contribution is -2.50. The van der Waals surface area contributed by atoms with Crippen molar-refractivity contribution in [1.29, 1.82) is 0 Å². The molecule has 114 valence electrons.